The van der Waals surface area contributed by atoms with E-state index >= 15 is 0 Å². The van der Waals surface area contributed by atoms with Crippen LogP contribution in [0.25, 0.3) is 10.9 Å². The van der Waals surface area contributed by atoms with Gasteiger partial charge in [0.2, 0.25) is 0 Å². The average molecular weight is 303 g/mol. The highest BCUT2D eigenvalue weighted by molar-refractivity contribution is 6.06. The topological polar surface area (TPSA) is 31.2 Å². The summed E-state index contributed by atoms with van der Waals surface area (Å²) in [5.41, 5.74) is 1.91. The number of halogens is 1. The number of hydrogen-bond acceptors (Lipinski definition) is 2. The fourth-order valence-corrected chi connectivity index (χ4v) is 3.19. The Hall–Kier alpha value is -1.84. The van der Waals surface area contributed by atoms with Crippen molar-refractivity contribution in [3.8, 4) is 0 Å². The Morgan fingerprint density at radius 1 is 1.23 bits per heavy atom. The number of aryl methyl sites for hydroxylation is 1. The zero-order valence-electron chi connectivity index (χ0n) is 13.4. The zero-order chi connectivity index (χ0) is 15.9. The van der Waals surface area contributed by atoms with Crippen LogP contribution in [0, 0.1) is 5.82 Å². The number of rotatable bonds is 1. The largest absolute Gasteiger partial charge is 0.456 e. The molecule has 22 heavy (non-hydrogen) atoms. The van der Waals surface area contributed by atoms with Crippen molar-refractivity contribution >= 4 is 16.9 Å². The van der Waals surface area contributed by atoms with E-state index in [0.717, 1.165) is 43.4 Å². The Bertz CT molecular complexity index is 725. The second-order valence-corrected chi connectivity index (χ2v) is 6.95. The standard InChI is InChI=1S/C18H22FNO2/c1-18(2,3)22-17(21)16-13-11-12(19)8-9-14(13)20-10-6-4-5-7-15(16)20/h8-9,11H,4-7,10H2,1-3H3. The average Bonchev–Trinajstić information content (AvgIpc) is 2.56. The predicted octanol–water partition coefficient (Wildman–Crippen LogP) is 4.46. The highest BCUT2D eigenvalue weighted by Crippen LogP contribution is 2.32. The molecule has 3 rings (SSSR count). The van der Waals surface area contributed by atoms with E-state index in [1.165, 1.54) is 12.1 Å². The van der Waals surface area contributed by atoms with Gasteiger partial charge in [-0.1, -0.05) is 6.42 Å². The molecule has 0 bridgehead atoms. The molecule has 0 amide bonds. The molecule has 1 aliphatic rings. The molecule has 2 heterocycles. The first-order chi connectivity index (χ1) is 10.4. The van der Waals surface area contributed by atoms with Gasteiger partial charge >= 0.3 is 5.97 Å². The third-order valence-electron chi connectivity index (χ3n) is 4.03. The lowest BCUT2D eigenvalue weighted by Gasteiger charge is -2.20. The number of benzene rings is 1. The molecule has 0 spiro atoms. The lowest BCUT2D eigenvalue weighted by molar-refractivity contribution is 0.00704. The summed E-state index contributed by atoms with van der Waals surface area (Å²) in [6.45, 7) is 6.42. The first-order valence-electron chi connectivity index (χ1n) is 7.91. The summed E-state index contributed by atoms with van der Waals surface area (Å²) in [6, 6.07) is 4.68. The second kappa shape index (κ2) is 5.41. The van der Waals surface area contributed by atoms with Gasteiger partial charge in [0.05, 0.1) is 5.56 Å². The highest BCUT2D eigenvalue weighted by Gasteiger charge is 2.27. The quantitative estimate of drug-likeness (QED) is 0.728. The minimum absolute atomic E-state index is 0.321. The number of carbonyl (C=O) groups excluding carboxylic acids is 1. The Labute approximate surface area is 130 Å². The molecule has 0 N–H and O–H groups in total. The monoisotopic (exact) mass is 303 g/mol. The molecule has 1 aromatic heterocycles. The van der Waals surface area contributed by atoms with Gasteiger partial charge in [-0.3, -0.25) is 0 Å². The van der Waals surface area contributed by atoms with E-state index in [9.17, 15) is 9.18 Å². The summed E-state index contributed by atoms with van der Waals surface area (Å²) in [6.07, 6.45) is 4.12. The summed E-state index contributed by atoms with van der Waals surface area (Å²) in [5.74, 6) is -0.670. The SMILES string of the molecule is CC(C)(C)OC(=O)c1c2n(c3ccc(F)cc13)CCCCC2. The highest BCUT2D eigenvalue weighted by atomic mass is 19.1. The number of esters is 1. The molecule has 0 saturated carbocycles. The van der Waals surface area contributed by atoms with E-state index in [2.05, 4.69) is 4.57 Å². The molecule has 0 aliphatic carbocycles. The number of ether oxygens (including phenoxy) is 1. The van der Waals surface area contributed by atoms with E-state index < -0.39 is 5.60 Å². The molecule has 0 radical (unpaired) electrons. The Balaban J connectivity index is 2.20. The van der Waals surface area contributed by atoms with Gasteiger partial charge in [0.25, 0.3) is 0 Å². The van der Waals surface area contributed by atoms with Gasteiger partial charge in [0, 0.05) is 23.1 Å². The van der Waals surface area contributed by atoms with E-state index in [0.29, 0.717) is 10.9 Å². The van der Waals surface area contributed by atoms with Crippen LogP contribution in [0.3, 0.4) is 0 Å². The van der Waals surface area contributed by atoms with Crippen LogP contribution >= 0.6 is 0 Å². The normalized spacial score (nSPS) is 15.5. The van der Waals surface area contributed by atoms with Crippen molar-refractivity contribution in [1.29, 1.82) is 0 Å². The molecule has 2 aromatic rings. The molecule has 1 aliphatic heterocycles. The molecule has 0 saturated heterocycles. The van der Waals surface area contributed by atoms with Gasteiger partial charge in [-0.2, -0.15) is 0 Å². The molecule has 118 valence electrons. The fourth-order valence-electron chi connectivity index (χ4n) is 3.19. The van der Waals surface area contributed by atoms with Gasteiger partial charge < -0.3 is 9.30 Å². The zero-order valence-corrected chi connectivity index (χ0v) is 13.4. The van der Waals surface area contributed by atoms with Crippen molar-refractivity contribution in [3.63, 3.8) is 0 Å². The predicted molar refractivity (Wildman–Crippen MR) is 84.6 cm³/mol. The Kier molecular flexibility index (Phi) is 3.71. The third-order valence-corrected chi connectivity index (χ3v) is 4.03. The minimum Gasteiger partial charge on any atom is -0.456 e. The van der Waals surface area contributed by atoms with Gasteiger partial charge in [-0.25, -0.2) is 9.18 Å². The summed E-state index contributed by atoms with van der Waals surface area (Å²) >= 11 is 0. The number of fused-ring (bicyclic) bond motifs is 3. The Morgan fingerprint density at radius 2 is 2.00 bits per heavy atom. The van der Waals surface area contributed by atoms with Gasteiger partial charge in [0.1, 0.15) is 11.4 Å². The van der Waals surface area contributed by atoms with E-state index in [-0.39, 0.29) is 11.8 Å². The fraction of sp³-hybridized carbons (Fsp3) is 0.500. The van der Waals surface area contributed by atoms with Gasteiger partial charge in [0.15, 0.2) is 0 Å². The van der Waals surface area contributed by atoms with E-state index in [4.69, 9.17) is 4.74 Å². The minimum atomic E-state index is -0.559. The molecule has 3 nitrogen and oxygen atoms in total. The molecule has 0 atom stereocenters. The van der Waals surface area contributed by atoms with Crippen molar-refractivity contribution in [2.75, 3.05) is 0 Å². The molecule has 4 heteroatoms. The van der Waals surface area contributed by atoms with Gasteiger partial charge in [-0.15, -0.1) is 0 Å². The maximum absolute atomic E-state index is 13.7. The maximum atomic E-state index is 13.7. The maximum Gasteiger partial charge on any atom is 0.341 e. The van der Waals surface area contributed by atoms with Crippen LogP contribution in [0.5, 0.6) is 0 Å². The smallest absolute Gasteiger partial charge is 0.341 e. The number of aromatic nitrogens is 1. The molecular formula is C18H22FNO2. The number of hydrogen-bond donors (Lipinski definition) is 0. The van der Waals surface area contributed by atoms with Crippen molar-refractivity contribution in [2.45, 2.75) is 58.6 Å². The number of nitrogens with zero attached hydrogens (tertiary/aromatic N) is 1. The van der Waals surface area contributed by atoms with Crippen molar-refractivity contribution in [2.24, 2.45) is 0 Å². The summed E-state index contributed by atoms with van der Waals surface area (Å²) in [4.78, 5) is 12.7. The van der Waals surface area contributed by atoms with Crippen LogP contribution in [0.2, 0.25) is 0 Å². The molecule has 0 fully saturated rings. The molecule has 1 aromatic carbocycles. The summed E-state index contributed by atoms with van der Waals surface area (Å²) in [5, 5.41) is 0.672. The summed E-state index contributed by atoms with van der Waals surface area (Å²) < 4.78 is 21.4. The van der Waals surface area contributed by atoms with Crippen molar-refractivity contribution < 1.29 is 13.9 Å². The van der Waals surface area contributed by atoms with Gasteiger partial charge in [-0.05, 0) is 58.2 Å². The van der Waals surface area contributed by atoms with Crippen molar-refractivity contribution in [1.82, 2.24) is 4.57 Å². The summed E-state index contributed by atoms with van der Waals surface area (Å²) in [7, 11) is 0. The van der Waals surface area contributed by atoms with Crippen LogP contribution in [0.4, 0.5) is 4.39 Å². The van der Waals surface area contributed by atoms with Crippen LogP contribution in [0.15, 0.2) is 18.2 Å². The second-order valence-electron chi connectivity index (χ2n) is 6.95. The molecule has 0 unspecified atom stereocenters. The first-order valence-corrected chi connectivity index (χ1v) is 7.91. The number of carbonyl (C=O) groups is 1. The lowest BCUT2D eigenvalue weighted by Crippen LogP contribution is -2.24. The van der Waals surface area contributed by atoms with Crippen LogP contribution in [-0.4, -0.2) is 16.1 Å². The Morgan fingerprint density at radius 3 is 2.73 bits per heavy atom. The lowest BCUT2D eigenvalue weighted by atomic mass is 10.1. The van der Waals surface area contributed by atoms with E-state index in [1.54, 1.807) is 6.07 Å². The van der Waals surface area contributed by atoms with Crippen LogP contribution in [0.1, 0.15) is 56.1 Å². The molecular weight excluding hydrogens is 281 g/mol. The van der Waals surface area contributed by atoms with Crippen molar-refractivity contribution in [3.05, 3.63) is 35.3 Å². The van der Waals surface area contributed by atoms with Crippen LogP contribution in [-0.2, 0) is 17.7 Å². The van der Waals surface area contributed by atoms with Crippen LogP contribution < -0.4 is 0 Å². The third kappa shape index (κ3) is 2.74. The van der Waals surface area contributed by atoms with E-state index in [1.807, 2.05) is 20.8 Å². The first kappa shape index (κ1) is 15.1.